The lowest BCUT2D eigenvalue weighted by atomic mass is 10.2. The Labute approximate surface area is 163 Å². The van der Waals surface area contributed by atoms with Crippen molar-refractivity contribution in [2.24, 2.45) is 0 Å². The van der Waals surface area contributed by atoms with Gasteiger partial charge in [0.2, 0.25) is 5.91 Å². The summed E-state index contributed by atoms with van der Waals surface area (Å²) >= 11 is 0. The number of benzene rings is 1. The minimum Gasteiger partial charge on any atom is -0.383 e. The summed E-state index contributed by atoms with van der Waals surface area (Å²) in [5.41, 5.74) is 2.52. The van der Waals surface area contributed by atoms with Gasteiger partial charge in [-0.3, -0.25) is 9.59 Å². The smallest absolute Gasteiger partial charge is 0.281 e. The topological polar surface area (TPSA) is 78.2 Å². The van der Waals surface area contributed by atoms with Gasteiger partial charge < -0.3 is 14.6 Å². The molecular formula is C21H26N4O3. The number of amides is 1. The Morgan fingerprint density at radius 2 is 1.93 bits per heavy atom. The van der Waals surface area contributed by atoms with Crippen LogP contribution in [0.5, 0.6) is 0 Å². The lowest BCUT2D eigenvalue weighted by molar-refractivity contribution is -0.121. The largest absolute Gasteiger partial charge is 0.383 e. The number of carbonyl (C=O) groups is 1. The maximum atomic E-state index is 13.1. The normalized spacial score (nSPS) is 11.1. The van der Waals surface area contributed by atoms with E-state index >= 15 is 0 Å². The van der Waals surface area contributed by atoms with Gasteiger partial charge in [-0.25, -0.2) is 0 Å². The molecular weight excluding hydrogens is 356 g/mol. The van der Waals surface area contributed by atoms with Gasteiger partial charge in [-0.15, -0.1) is 0 Å². The van der Waals surface area contributed by atoms with Gasteiger partial charge >= 0.3 is 0 Å². The molecule has 0 aliphatic rings. The quantitative estimate of drug-likeness (QED) is 0.607. The molecule has 148 valence electrons. The van der Waals surface area contributed by atoms with Crippen molar-refractivity contribution >= 4 is 16.7 Å². The lowest BCUT2D eigenvalue weighted by Crippen LogP contribution is -2.26. The molecule has 2 heterocycles. The molecule has 0 saturated heterocycles. The summed E-state index contributed by atoms with van der Waals surface area (Å²) in [4.78, 5) is 24.9. The predicted octanol–water partition coefficient (Wildman–Crippen LogP) is 2.35. The van der Waals surface area contributed by atoms with E-state index in [-0.39, 0.29) is 11.5 Å². The molecule has 3 rings (SSSR count). The number of aryl methyl sites for hydroxylation is 2. The van der Waals surface area contributed by atoms with Gasteiger partial charge in [0.05, 0.1) is 23.9 Å². The van der Waals surface area contributed by atoms with E-state index in [1.807, 2.05) is 44.2 Å². The Morgan fingerprint density at radius 1 is 1.18 bits per heavy atom. The Bertz CT molecular complexity index is 1020. The van der Waals surface area contributed by atoms with Crippen molar-refractivity contribution in [1.82, 2.24) is 19.7 Å². The van der Waals surface area contributed by atoms with E-state index in [0.29, 0.717) is 37.9 Å². The van der Waals surface area contributed by atoms with Gasteiger partial charge in [-0.2, -0.15) is 9.78 Å². The van der Waals surface area contributed by atoms with E-state index in [4.69, 9.17) is 4.74 Å². The highest BCUT2D eigenvalue weighted by molar-refractivity contribution is 5.87. The van der Waals surface area contributed by atoms with E-state index in [9.17, 15) is 9.59 Å². The second kappa shape index (κ2) is 8.84. The Kier molecular flexibility index (Phi) is 6.26. The van der Waals surface area contributed by atoms with Gasteiger partial charge in [-0.1, -0.05) is 18.2 Å². The van der Waals surface area contributed by atoms with Crippen LogP contribution in [-0.2, 0) is 16.1 Å². The maximum Gasteiger partial charge on any atom is 0.281 e. The third kappa shape index (κ3) is 3.99. The first-order chi connectivity index (χ1) is 13.5. The van der Waals surface area contributed by atoms with Crippen LogP contribution in [0.15, 0.2) is 41.3 Å². The molecule has 0 atom stereocenters. The van der Waals surface area contributed by atoms with Gasteiger partial charge in [0.1, 0.15) is 0 Å². The summed E-state index contributed by atoms with van der Waals surface area (Å²) in [6, 6.07) is 9.40. The number of methoxy groups -OCH3 is 1. The van der Waals surface area contributed by atoms with Crippen LogP contribution >= 0.6 is 0 Å². The number of ether oxygens (including phenoxy) is 1. The second-order valence-electron chi connectivity index (χ2n) is 6.75. The SMILES string of the molecule is COCCNC(=O)CCCn1c(C)c2cnn(-c3ccccc3)c(=O)c2c1C. The van der Waals surface area contributed by atoms with Crippen LogP contribution in [0.25, 0.3) is 16.5 Å². The summed E-state index contributed by atoms with van der Waals surface area (Å²) in [7, 11) is 1.61. The first-order valence-electron chi connectivity index (χ1n) is 9.43. The van der Waals surface area contributed by atoms with Crippen molar-refractivity contribution < 1.29 is 9.53 Å². The van der Waals surface area contributed by atoms with Crippen LogP contribution in [0.4, 0.5) is 0 Å². The summed E-state index contributed by atoms with van der Waals surface area (Å²) in [5, 5.41) is 8.72. The third-order valence-corrected chi connectivity index (χ3v) is 4.95. The summed E-state index contributed by atoms with van der Waals surface area (Å²) in [5.74, 6) is 0.0113. The molecule has 0 radical (unpaired) electrons. The highest BCUT2D eigenvalue weighted by atomic mass is 16.5. The predicted molar refractivity (Wildman–Crippen MR) is 109 cm³/mol. The molecule has 0 aliphatic heterocycles. The Morgan fingerprint density at radius 3 is 2.64 bits per heavy atom. The molecule has 0 unspecified atom stereocenters. The number of nitrogens with one attached hydrogen (secondary N) is 1. The monoisotopic (exact) mass is 382 g/mol. The minimum atomic E-state index is -0.125. The van der Waals surface area contributed by atoms with Crippen LogP contribution in [0.3, 0.4) is 0 Å². The molecule has 7 nitrogen and oxygen atoms in total. The lowest BCUT2D eigenvalue weighted by Gasteiger charge is -2.09. The fourth-order valence-electron chi connectivity index (χ4n) is 3.48. The van der Waals surface area contributed by atoms with Crippen LogP contribution in [0.2, 0.25) is 0 Å². The highest BCUT2D eigenvalue weighted by Crippen LogP contribution is 2.23. The van der Waals surface area contributed by atoms with Crippen molar-refractivity contribution in [2.75, 3.05) is 20.3 Å². The first-order valence-corrected chi connectivity index (χ1v) is 9.43. The Balaban J connectivity index is 1.82. The minimum absolute atomic E-state index is 0.0113. The average molecular weight is 382 g/mol. The van der Waals surface area contributed by atoms with Gasteiger partial charge in [0.25, 0.3) is 5.56 Å². The average Bonchev–Trinajstić information content (AvgIpc) is 2.94. The van der Waals surface area contributed by atoms with Crippen LogP contribution in [0, 0.1) is 13.8 Å². The third-order valence-electron chi connectivity index (χ3n) is 4.95. The zero-order valence-corrected chi connectivity index (χ0v) is 16.6. The van der Waals surface area contributed by atoms with E-state index in [2.05, 4.69) is 15.0 Å². The maximum absolute atomic E-state index is 13.1. The van der Waals surface area contributed by atoms with Gasteiger partial charge in [-0.05, 0) is 32.4 Å². The van der Waals surface area contributed by atoms with Crippen LogP contribution < -0.4 is 10.9 Å². The molecule has 0 spiro atoms. The van der Waals surface area contributed by atoms with Gasteiger partial charge in [0.15, 0.2) is 0 Å². The second-order valence-corrected chi connectivity index (χ2v) is 6.75. The van der Waals surface area contributed by atoms with Crippen molar-refractivity contribution in [1.29, 1.82) is 0 Å². The number of nitrogens with zero attached hydrogens (tertiary/aromatic N) is 3. The molecule has 2 aromatic heterocycles. The van der Waals surface area contributed by atoms with Crippen LogP contribution in [-0.4, -0.2) is 40.5 Å². The van der Waals surface area contributed by atoms with E-state index in [1.165, 1.54) is 4.68 Å². The van der Waals surface area contributed by atoms with E-state index in [0.717, 1.165) is 22.5 Å². The zero-order valence-electron chi connectivity index (χ0n) is 16.6. The summed E-state index contributed by atoms with van der Waals surface area (Å²) in [6.07, 6.45) is 2.88. The molecule has 28 heavy (non-hydrogen) atoms. The van der Waals surface area contributed by atoms with Crippen molar-refractivity contribution in [3.8, 4) is 5.69 Å². The summed E-state index contributed by atoms with van der Waals surface area (Å²) < 4.78 is 8.46. The summed E-state index contributed by atoms with van der Waals surface area (Å²) in [6.45, 7) is 5.64. The van der Waals surface area contributed by atoms with Crippen molar-refractivity contribution in [3.05, 3.63) is 58.3 Å². The zero-order chi connectivity index (χ0) is 20.1. The number of fused-ring (bicyclic) bond motifs is 1. The van der Waals surface area contributed by atoms with E-state index in [1.54, 1.807) is 13.3 Å². The number of aromatic nitrogens is 3. The fourth-order valence-corrected chi connectivity index (χ4v) is 3.48. The molecule has 0 aliphatic carbocycles. The highest BCUT2D eigenvalue weighted by Gasteiger charge is 2.16. The molecule has 3 aromatic rings. The Hall–Kier alpha value is -2.93. The van der Waals surface area contributed by atoms with Crippen molar-refractivity contribution in [3.63, 3.8) is 0 Å². The standard InChI is InChI=1S/C21H26N4O3/c1-15-18-14-23-25(17-8-5-4-6-9-17)21(27)20(18)16(2)24(15)12-7-10-19(26)22-11-13-28-3/h4-6,8-9,14H,7,10-13H2,1-3H3,(H,22,26). The van der Waals surface area contributed by atoms with Crippen LogP contribution in [0.1, 0.15) is 24.2 Å². The number of rotatable bonds is 8. The molecule has 0 bridgehead atoms. The molecule has 7 heteroatoms. The van der Waals surface area contributed by atoms with E-state index < -0.39 is 0 Å². The van der Waals surface area contributed by atoms with Crippen molar-refractivity contribution in [2.45, 2.75) is 33.2 Å². The molecule has 0 saturated carbocycles. The number of para-hydroxylation sites is 1. The molecule has 1 amide bonds. The number of hydrogen-bond donors (Lipinski definition) is 1. The number of carbonyl (C=O) groups excluding carboxylic acids is 1. The first kappa shape index (κ1) is 19.8. The molecule has 0 fully saturated rings. The molecule has 1 N–H and O–H groups in total. The molecule has 1 aromatic carbocycles. The number of hydrogen-bond acceptors (Lipinski definition) is 4. The van der Waals surface area contributed by atoms with Gasteiger partial charge in [0, 0.05) is 43.4 Å². The fraction of sp³-hybridized carbons (Fsp3) is 0.381.